The van der Waals surface area contributed by atoms with E-state index in [0.29, 0.717) is 0 Å². The Hall–Kier alpha value is -0.420. The molecular weight excluding hydrogens is 536 g/mol. The van der Waals surface area contributed by atoms with Gasteiger partial charge in [-0.15, -0.1) is 0 Å². The Bertz CT molecular complexity index is 773. The first-order valence-corrected chi connectivity index (χ1v) is 9.74. The van der Waals surface area contributed by atoms with E-state index >= 15 is 0 Å². The molecule has 4 heteroatoms. The van der Waals surface area contributed by atoms with Gasteiger partial charge in [-0.05, 0) is 46.5 Å². The molecule has 0 N–H and O–H groups in total. The van der Waals surface area contributed by atoms with Crippen LogP contribution in [0.2, 0.25) is 0 Å². The average Bonchev–Trinajstić information content (AvgIpc) is 2.50. The molecule has 3 rings (SSSR count). The van der Waals surface area contributed by atoms with Crippen LogP contribution in [0.3, 0.4) is 0 Å². The molecule has 3 aromatic rings. The quantitative estimate of drug-likeness (QED) is 0.305. The standard InChI is InChI=1S/C18H10Br4/c19-15-7-3-1-5-11(15)13-9-14(18(22)10-17(13)21)12-6-2-4-8-16(12)20/h1-10H. The summed E-state index contributed by atoms with van der Waals surface area (Å²) < 4.78 is 4.27. The van der Waals surface area contributed by atoms with Crippen LogP contribution in [0.5, 0.6) is 0 Å². The molecule has 110 valence electrons. The molecular formula is C18H10Br4. The highest BCUT2D eigenvalue weighted by Gasteiger charge is 2.13. The molecule has 0 heterocycles. The van der Waals surface area contributed by atoms with E-state index in [4.69, 9.17) is 0 Å². The van der Waals surface area contributed by atoms with Crippen molar-refractivity contribution in [3.8, 4) is 22.3 Å². The molecule has 0 spiro atoms. The van der Waals surface area contributed by atoms with Crippen molar-refractivity contribution < 1.29 is 0 Å². The SMILES string of the molecule is Brc1ccccc1-c1cc(-c2ccccc2Br)c(Br)cc1Br. The van der Waals surface area contributed by atoms with Crippen molar-refractivity contribution >= 4 is 63.7 Å². The normalized spacial score (nSPS) is 10.7. The Morgan fingerprint density at radius 3 is 1.23 bits per heavy atom. The van der Waals surface area contributed by atoms with Crippen LogP contribution in [0.4, 0.5) is 0 Å². The fourth-order valence-corrected chi connectivity index (χ4v) is 4.74. The van der Waals surface area contributed by atoms with E-state index in [1.54, 1.807) is 0 Å². The minimum Gasteiger partial charge on any atom is -0.0616 e. The van der Waals surface area contributed by atoms with Gasteiger partial charge in [-0.1, -0.05) is 100 Å². The van der Waals surface area contributed by atoms with Gasteiger partial charge < -0.3 is 0 Å². The molecule has 0 atom stereocenters. The second-order valence-electron chi connectivity index (χ2n) is 4.77. The largest absolute Gasteiger partial charge is 0.0616 e. The Morgan fingerprint density at radius 1 is 0.409 bits per heavy atom. The van der Waals surface area contributed by atoms with Crippen molar-refractivity contribution in [2.45, 2.75) is 0 Å². The van der Waals surface area contributed by atoms with Crippen molar-refractivity contribution in [2.75, 3.05) is 0 Å². The second-order valence-corrected chi connectivity index (χ2v) is 8.19. The summed E-state index contributed by atoms with van der Waals surface area (Å²) in [5.41, 5.74) is 4.63. The van der Waals surface area contributed by atoms with Gasteiger partial charge in [0, 0.05) is 17.9 Å². The summed E-state index contributed by atoms with van der Waals surface area (Å²) in [5.74, 6) is 0. The third-order valence-corrected chi connectivity index (χ3v) is 6.08. The zero-order chi connectivity index (χ0) is 15.7. The van der Waals surface area contributed by atoms with Crippen LogP contribution < -0.4 is 0 Å². The van der Waals surface area contributed by atoms with Gasteiger partial charge in [0.15, 0.2) is 0 Å². The maximum absolute atomic E-state index is 3.68. The Kier molecular flexibility index (Phi) is 5.23. The van der Waals surface area contributed by atoms with Gasteiger partial charge in [-0.3, -0.25) is 0 Å². The zero-order valence-electron chi connectivity index (χ0n) is 11.3. The predicted octanol–water partition coefficient (Wildman–Crippen LogP) is 8.07. The maximum Gasteiger partial charge on any atom is 0.0265 e. The van der Waals surface area contributed by atoms with E-state index in [2.05, 4.69) is 100 Å². The predicted molar refractivity (Wildman–Crippen MR) is 108 cm³/mol. The highest BCUT2D eigenvalue weighted by atomic mass is 79.9. The Balaban J connectivity index is 2.25. The molecule has 0 aliphatic heterocycles. The molecule has 0 amide bonds. The number of hydrogen-bond acceptors (Lipinski definition) is 0. The van der Waals surface area contributed by atoms with Gasteiger partial charge in [-0.25, -0.2) is 0 Å². The van der Waals surface area contributed by atoms with Gasteiger partial charge in [0.05, 0.1) is 0 Å². The molecule has 0 bridgehead atoms. The molecule has 3 aromatic carbocycles. The summed E-state index contributed by atoms with van der Waals surface area (Å²) in [6.07, 6.45) is 0. The number of hydrogen-bond donors (Lipinski definition) is 0. The van der Waals surface area contributed by atoms with Crippen molar-refractivity contribution in [3.63, 3.8) is 0 Å². The second kappa shape index (κ2) is 7.00. The van der Waals surface area contributed by atoms with E-state index in [-0.39, 0.29) is 0 Å². The first kappa shape index (κ1) is 16.4. The molecule has 0 saturated heterocycles. The zero-order valence-corrected chi connectivity index (χ0v) is 17.6. The molecule has 0 nitrogen and oxygen atoms in total. The third kappa shape index (κ3) is 3.25. The molecule has 0 saturated carbocycles. The van der Waals surface area contributed by atoms with Crippen LogP contribution in [0.25, 0.3) is 22.3 Å². The topological polar surface area (TPSA) is 0 Å². The van der Waals surface area contributed by atoms with Crippen molar-refractivity contribution in [3.05, 3.63) is 78.6 Å². The van der Waals surface area contributed by atoms with E-state index in [9.17, 15) is 0 Å². The van der Waals surface area contributed by atoms with Crippen LogP contribution in [-0.4, -0.2) is 0 Å². The highest BCUT2D eigenvalue weighted by Crippen LogP contribution is 2.41. The van der Waals surface area contributed by atoms with E-state index in [1.807, 2.05) is 24.3 Å². The smallest absolute Gasteiger partial charge is 0.0265 e. The number of rotatable bonds is 2. The summed E-state index contributed by atoms with van der Waals surface area (Å²) >= 11 is 14.6. The maximum atomic E-state index is 3.68. The lowest BCUT2D eigenvalue weighted by Gasteiger charge is -2.13. The first-order valence-electron chi connectivity index (χ1n) is 6.57. The molecule has 0 aliphatic rings. The van der Waals surface area contributed by atoms with Gasteiger partial charge in [-0.2, -0.15) is 0 Å². The summed E-state index contributed by atoms with van der Waals surface area (Å²) in [5, 5.41) is 0. The fraction of sp³-hybridized carbons (Fsp3) is 0. The lowest BCUT2D eigenvalue weighted by atomic mass is 9.99. The monoisotopic (exact) mass is 542 g/mol. The van der Waals surface area contributed by atoms with Crippen molar-refractivity contribution in [1.29, 1.82) is 0 Å². The summed E-state index contributed by atoms with van der Waals surface area (Å²) in [4.78, 5) is 0. The minimum atomic E-state index is 1.06. The summed E-state index contributed by atoms with van der Waals surface area (Å²) in [7, 11) is 0. The molecule has 0 aromatic heterocycles. The van der Waals surface area contributed by atoms with Gasteiger partial charge in [0.2, 0.25) is 0 Å². The lowest BCUT2D eigenvalue weighted by molar-refractivity contribution is 1.51. The molecule has 0 aliphatic carbocycles. The molecule has 0 fully saturated rings. The van der Waals surface area contributed by atoms with E-state index in [1.165, 1.54) is 0 Å². The Morgan fingerprint density at radius 2 is 0.818 bits per heavy atom. The van der Waals surface area contributed by atoms with Crippen LogP contribution in [0.15, 0.2) is 78.6 Å². The molecule has 22 heavy (non-hydrogen) atoms. The number of benzene rings is 3. The van der Waals surface area contributed by atoms with Crippen molar-refractivity contribution in [2.24, 2.45) is 0 Å². The summed E-state index contributed by atoms with van der Waals surface area (Å²) in [6, 6.07) is 20.8. The van der Waals surface area contributed by atoms with E-state index < -0.39 is 0 Å². The van der Waals surface area contributed by atoms with Crippen LogP contribution >= 0.6 is 63.7 Å². The molecule has 0 unspecified atom stereocenters. The third-order valence-electron chi connectivity index (χ3n) is 3.38. The Labute approximate surface area is 163 Å². The number of halogens is 4. The van der Waals surface area contributed by atoms with Gasteiger partial charge in [0.25, 0.3) is 0 Å². The fourth-order valence-electron chi connectivity index (χ4n) is 2.32. The van der Waals surface area contributed by atoms with Crippen LogP contribution in [0.1, 0.15) is 0 Å². The minimum absolute atomic E-state index is 1.06. The summed E-state index contributed by atoms with van der Waals surface area (Å²) in [6.45, 7) is 0. The van der Waals surface area contributed by atoms with E-state index in [0.717, 1.165) is 40.1 Å². The van der Waals surface area contributed by atoms with Crippen molar-refractivity contribution in [1.82, 2.24) is 0 Å². The van der Waals surface area contributed by atoms with Gasteiger partial charge >= 0.3 is 0 Å². The lowest BCUT2D eigenvalue weighted by Crippen LogP contribution is -1.87. The van der Waals surface area contributed by atoms with Gasteiger partial charge in [0.1, 0.15) is 0 Å². The first-order chi connectivity index (χ1) is 10.6. The average molecular weight is 546 g/mol. The molecule has 0 radical (unpaired) electrons. The highest BCUT2D eigenvalue weighted by molar-refractivity contribution is 9.11. The van der Waals surface area contributed by atoms with Crippen LogP contribution in [-0.2, 0) is 0 Å². The van der Waals surface area contributed by atoms with Crippen LogP contribution in [0, 0.1) is 0 Å².